The van der Waals surface area contributed by atoms with Crippen LogP contribution in [0.25, 0.3) is 0 Å². The second-order valence-corrected chi connectivity index (χ2v) is 28.5. The molecule has 0 amide bonds. The van der Waals surface area contributed by atoms with Crippen LogP contribution in [0.1, 0.15) is 32.1 Å². The quantitative estimate of drug-likeness (QED) is 0.180. The van der Waals surface area contributed by atoms with Gasteiger partial charge in [0.05, 0.1) is 0 Å². The van der Waals surface area contributed by atoms with E-state index in [1.807, 2.05) is 32.7 Å². The molecule has 0 aromatic rings. The van der Waals surface area contributed by atoms with Gasteiger partial charge in [0.1, 0.15) is 0 Å². The van der Waals surface area contributed by atoms with Crippen LogP contribution in [-0.2, 0) is 20.6 Å². The lowest BCUT2D eigenvalue weighted by Crippen LogP contribution is -2.67. The van der Waals surface area contributed by atoms with Crippen LogP contribution in [-0.4, -0.2) is 101 Å². The maximum absolute atomic E-state index is 9.73. The summed E-state index contributed by atoms with van der Waals surface area (Å²) < 4.78 is 34.4. The van der Waals surface area contributed by atoms with Gasteiger partial charge in [-0.15, -0.1) is 0 Å². The van der Waals surface area contributed by atoms with Gasteiger partial charge in [0.15, 0.2) is 0 Å². The molecular weight excluding hydrogens is 541 g/mol. The molecule has 0 aromatic heterocycles. The Balaban J connectivity index is 3.72. The van der Waals surface area contributed by atoms with Crippen LogP contribution < -0.4 is 0 Å². The highest BCUT2D eigenvalue weighted by molar-refractivity contribution is 6.94. The molecule has 35 heavy (non-hydrogen) atoms. The SMILES string of the molecule is C[Si]1(C)O[Si](C)(C)O[Si](CCCO)(CCCO)O[Si](CCCO)(CCCO)O[Si](C)(CCCO)O1. The molecule has 1 unspecified atom stereocenters. The van der Waals surface area contributed by atoms with E-state index in [0.29, 0.717) is 62.3 Å². The van der Waals surface area contributed by atoms with Gasteiger partial charge >= 0.3 is 42.8 Å². The molecule has 0 aliphatic carbocycles. The molecule has 5 N–H and O–H groups in total. The number of rotatable bonds is 15. The predicted molar refractivity (Wildman–Crippen MR) is 146 cm³/mol. The number of hydrogen-bond acceptors (Lipinski definition) is 10. The monoisotopic (exact) mass is 590 g/mol. The van der Waals surface area contributed by atoms with Crippen molar-refractivity contribution in [3.63, 3.8) is 0 Å². The maximum atomic E-state index is 9.73. The maximum Gasteiger partial charge on any atom is 0.320 e. The summed E-state index contributed by atoms with van der Waals surface area (Å²) in [4.78, 5) is 0. The van der Waals surface area contributed by atoms with Crippen LogP contribution in [0, 0.1) is 0 Å². The van der Waals surface area contributed by atoms with Gasteiger partial charge in [-0.3, -0.25) is 0 Å². The Labute approximate surface area is 216 Å². The number of hydrogen-bond donors (Lipinski definition) is 5. The molecule has 1 aliphatic heterocycles. The third-order valence-corrected chi connectivity index (χ3v) is 28.8. The van der Waals surface area contributed by atoms with Crippen molar-refractivity contribution < 1.29 is 46.1 Å². The van der Waals surface area contributed by atoms with Crippen molar-refractivity contribution in [2.24, 2.45) is 0 Å². The largest absolute Gasteiger partial charge is 0.416 e. The normalized spacial score (nSPS) is 25.9. The number of aliphatic hydroxyl groups is 5. The minimum absolute atomic E-state index is 0.00154. The van der Waals surface area contributed by atoms with Gasteiger partial charge in [0, 0.05) is 33.0 Å². The first-order valence-corrected chi connectivity index (χ1v) is 25.5. The van der Waals surface area contributed by atoms with E-state index in [-0.39, 0.29) is 33.0 Å². The molecule has 10 nitrogen and oxygen atoms in total. The second kappa shape index (κ2) is 15.3. The first-order chi connectivity index (χ1) is 16.3. The molecular formula is C20H50O10Si5. The Kier molecular flexibility index (Phi) is 14.8. The number of aliphatic hydroxyl groups excluding tert-OH is 5. The van der Waals surface area contributed by atoms with Crippen molar-refractivity contribution in [1.82, 2.24) is 0 Å². The van der Waals surface area contributed by atoms with Crippen molar-refractivity contribution in [2.45, 2.75) is 95.1 Å². The van der Waals surface area contributed by atoms with Crippen molar-refractivity contribution in [3.8, 4) is 0 Å². The fraction of sp³-hybridized carbons (Fsp3) is 1.00. The smallest absolute Gasteiger partial charge is 0.320 e. The molecule has 0 aromatic carbocycles. The fourth-order valence-electron chi connectivity index (χ4n) is 4.95. The minimum atomic E-state index is -3.11. The van der Waals surface area contributed by atoms with E-state index in [2.05, 4.69) is 0 Å². The lowest BCUT2D eigenvalue weighted by atomic mass is 10.5. The van der Waals surface area contributed by atoms with E-state index in [1.54, 1.807) is 0 Å². The molecule has 0 spiro atoms. The van der Waals surface area contributed by atoms with E-state index in [1.165, 1.54) is 0 Å². The first-order valence-electron chi connectivity index (χ1n) is 12.9. The van der Waals surface area contributed by atoms with Gasteiger partial charge in [-0.25, -0.2) is 0 Å². The standard InChI is InChI=1S/C20H50O10Si5/c1-31(2)26-32(3,4)28-34(17-7-12-22,18-8-13-23)30-35(19-9-14-24,20-10-15-25)29-33(5,27-31)16-6-11-21/h21-25H,6-20H2,1-5H3. The molecule has 1 aliphatic rings. The van der Waals surface area contributed by atoms with Crippen molar-refractivity contribution >= 4 is 42.8 Å². The highest BCUT2D eigenvalue weighted by Crippen LogP contribution is 2.40. The Hall–Kier alpha value is 0.684. The highest BCUT2D eigenvalue weighted by Gasteiger charge is 2.57. The average Bonchev–Trinajstić information content (AvgIpc) is 2.75. The van der Waals surface area contributed by atoms with E-state index >= 15 is 0 Å². The third-order valence-electron chi connectivity index (χ3n) is 5.81. The Morgan fingerprint density at radius 3 is 1.14 bits per heavy atom. The van der Waals surface area contributed by atoms with Crippen LogP contribution >= 0.6 is 0 Å². The van der Waals surface area contributed by atoms with Crippen molar-refractivity contribution in [3.05, 3.63) is 0 Å². The van der Waals surface area contributed by atoms with Gasteiger partial charge < -0.3 is 46.1 Å². The van der Waals surface area contributed by atoms with Gasteiger partial charge in [0.25, 0.3) is 0 Å². The summed E-state index contributed by atoms with van der Waals surface area (Å²) in [6, 6.07) is 2.70. The van der Waals surface area contributed by atoms with Crippen molar-refractivity contribution in [1.29, 1.82) is 0 Å². The highest BCUT2D eigenvalue weighted by atomic mass is 28.5. The van der Waals surface area contributed by atoms with Gasteiger partial charge in [-0.05, 0) is 95.1 Å². The van der Waals surface area contributed by atoms with Gasteiger partial charge in [-0.1, -0.05) is 0 Å². The second-order valence-electron chi connectivity index (χ2n) is 10.4. The third kappa shape index (κ3) is 11.9. The van der Waals surface area contributed by atoms with Crippen LogP contribution in [0.3, 0.4) is 0 Å². The summed E-state index contributed by atoms with van der Waals surface area (Å²) in [6.07, 6.45) is 2.52. The Morgan fingerprint density at radius 2 is 0.743 bits per heavy atom. The van der Waals surface area contributed by atoms with Gasteiger partial charge in [0.2, 0.25) is 0 Å². The average molecular weight is 591 g/mol. The van der Waals surface area contributed by atoms with Crippen LogP contribution in [0.15, 0.2) is 0 Å². The summed E-state index contributed by atoms with van der Waals surface area (Å²) >= 11 is 0. The van der Waals surface area contributed by atoms with Crippen molar-refractivity contribution in [2.75, 3.05) is 33.0 Å². The molecule has 1 rings (SSSR count). The molecule has 1 fully saturated rings. The summed E-state index contributed by atoms with van der Waals surface area (Å²) in [5.74, 6) is 0. The van der Waals surface area contributed by atoms with E-state index in [4.69, 9.17) is 20.6 Å². The molecule has 1 saturated heterocycles. The predicted octanol–water partition coefficient (Wildman–Crippen LogP) is 2.35. The summed E-state index contributed by atoms with van der Waals surface area (Å²) in [6.45, 7) is 9.98. The first kappa shape index (κ1) is 33.7. The molecule has 210 valence electrons. The lowest BCUT2D eigenvalue weighted by Gasteiger charge is -2.51. The molecule has 1 heterocycles. The minimum Gasteiger partial charge on any atom is -0.416 e. The molecule has 1 atom stereocenters. The lowest BCUT2D eigenvalue weighted by molar-refractivity contribution is 0.205. The van der Waals surface area contributed by atoms with E-state index < -0.39 is 42.8 Å². The molecule has 0 saturated carbocycles. The zero-order valence-electron chi connectivity index (χ0n) is 22.4. The summed E-state index contributed by atoms with van der Waals surface area (Å²) in [5, 5.41) is 48.4. The van der Waals surface area contributed by atoms with Crippen LogP contribution in [0.4, 0.5) is 0 Å². The zero-order chi connectivity index (χ0) is 26.6. The van der Waals surface area contributed by atoms with Crippen LogP contribution in [0.5, 0.6) is 0 Å². The van der Waals surface area contributed by atoms with Gasteiger partial charge in [-0.2, -0.15) is 0 Å². The zero-order valence-corrected chi connectivity index (χ0v) is 27.4. The summed E-state index contributed by atoms with van der Waals surface area (Å²) in [5.41, 5.74) is 0. The van der Waals surface area contributed by atoms with E-state index in [9.17, 15) is 25.5 Å². The van der Waals surface area contributed by atoms with Crippen LogP contribution in [0.2, 0.25) is 63.0 Å². The molecule has 15 heteroatoms. The Bertz CT molecular complexity index is 585. The Morgan fingerprint density at radius 1 is 0.400 bits per heavy atom. The molecule has 0 radical (unpaired) electrons. The summed E-state index contributed by atoms with van der Waals surface area (Å²) in [7, 11) is -14.6. The fourth-order valence-corrected chi connectivity index (χ4v) is 34.2. The topological polar surface area (TPSA) is 147 Å². The van der Waals surface area contributed by atoms with E-state index in [0.717, 1.165) is 0 Å². The molecule has 0 bridgehead atoms.